The number of nitrogens with one attached hydrogen (secondary N) is 1. The van der Waals surface area contributed by atoms with Gasteiger partial charge in [-0.2, -0.15) is 0 Å². The maximum absolute atomic E-state index is 11.0. The molecule has 0 atom stereocenters. The van der Waals surface area contributed by atoms with Gasteiger partial charge in [0.25, 0.3) is 0 Å². The number of carboxylic acid groups (broad SMARTS) is 1. The Morgan fingerprint density at radius 2 is 1.85 bits per heavy atom. The number of rotatable bonds is 4. The van der Waals surface area contributed by atoms with Crippen LogP contribution in [0.1, 0.15) is 47.5 Å². The first-order chi connectivity index (χ1) is 8.79. The SMILES string of the molecule is CC(C)(C)NC(=O)O.CC(C)OCC1(S(N)(=O)=O)CC1. The van der Waals surface area contributed by atoms with Gasteiger partial charge in [0.1, 0.15) is 4.75 Å². The topological polar surface area (TPSA) is 119 Å². The van der Waals surface area contributed by atoms with Crippen molar-refractivity contribution in [3.05, 3.63) is 0 Å². The molecule has 0 radical (unpaired) electrons. The highest BCUT2D eigenvalue weighted by atomic mass is 32.2. The molecule has 1 aliphatic rings. The number of amides is 1. The summed E-state index contributed by atoms with van der Waals surface area (Å²) >= 11 is 0. The molecule has 0 aliphatic heterocycles. The van der Waals surface area contributed by atoms with Gasteiger partial charge in [0.15, 0.2) is 0 Å². The van der Waals surface area contributed by atoms with E-state index in [0.717, 1.165) is 0 Å². The third-order valence-electron chi connectivity index (χ3n) is 2.57. The van der Waals surface area contributed by atoms with Crippen molar-refractivity contribution < 1.29 is 23.1 Å². The van der Waals surface area contributed by atoms with Crippen LogP contribution in [0.5, 0.6) is 0 Å². The van der Waals surface area contributed by atoms with Crippen molar-refractivity contribution >= 4 is 16.1 Å². The molecule has 8 heteroatoms. The Labute approximate surface area is 120 Å². The summed E-state index contributed by atoms with van der Waals surface area (Å²) in [4.78, 5) is 9.90. The summed E-state index contributed by atoms with van der Waals surface area (Å²) in [6.45, 7) is 9.37. The van der Waals surface area contributed by atoms with Gasteiger partial charge in [-0.1, -0.05) is 0 Å². The lowest BCUT2D eigenvalue weighted by Gasteiger charge is -2.16. The number of nitrogens with two attached hydrogens (primary N) is 1. The molecule has 0 spiro atoms. The molecule has 4 N–H and O–H groups in total. The van der Waals surface area contributed by atoms with Crippen molar-refractivity contribution in [3.63, 3.8) is 0 Å². The van der Waals surface area contributed by atoms with E-state index < -0.39 is 20.9 Å². The summed E-state index contributed by atoms with van der Waals surface area (Å²) in [5.74, 6) is 0. The van der Waals surface area contributed by atoms with Crippen molar-refractivity contribution in [2.75, 3.05) is 6.61 Å². The minimum Gasteiger partial charge on any atom is -0.465 e. The van der Waals surface area contributed by atoms with Crippen LogP contribution in [0.15, 0.2) is 0 Å². The number of ether oxygens (including phenoxy) is 1. The van der Waals surface area contributed by atoms with Gasteiger partial charge in [-0.3, -0.25) is 0 Å². The van der Waals surface area contributed by atoms with Crippen molar-refractivity contribution in [1.29, 1.82) is 0 Å². The maximum atomic E-state index is 11.0. The van der Waals surface area contributed by atoms with Crippen molar-refractivity contribution in [3.8, 4) is 0 Å². The molecule has 1 saturated carbocycles. The maximum Gasteiger partial charge on any atom is 0.405 e. The number of carbonyl (C=O) groups is 1. The first-order valence-corrected chi connectivity index (χ1v) is 7.99. The Hall–Kier alpha value is -0.860. The fourth-order valence-corrected chi connectivity index (χ4v) is 2.19. The average molecular weight is 310 g/mol. The fourth-order valence-electron chi connectivity index (χ4n) is 1.29. The Balaban J connectivity index is 0.000000396. The van der Waals surface area contributed by atoms with Gasteiger partial charge >= 0.3 is 6.09 Å². The van der Waals surface area contributed by atoms with Crippen LogP contribution < -0.4 is 10.5 Å². The van der Waals surface area contributed by atoms with Crippen LogP contribution in [0.2, 0.25) is 0 Å². The van der Waals surface area contributed by atoms with Crippen molar-refractivity contribution in [1.82, 2.24) is 5.32 Å². The van der Waals surface area contributed by atoms with E-state index >= 15 is 0 Å². The van der Waals surface area contributed by atoms with Crippen molar-refractivity contribution in [2.24, 2.45) is 5.14 Å². The molecule has 0 saturated heterocycles. The summed E-state index contributed by atoms with van der Waals surface area (Å²) in [6.07, 6.45) is 0.360. The predicted molar refractivity (Wildman–Crippen MR) is 77.1 cm³/mol. The Kier molecular flexibility index (Phi) is 6.44. The molecule has 1 rings (SSSR count). The minimum absolute atomic E-state index is 0.0595. The van der Waals surface area contributed by atoms with E-state index in [1.165, 1.54) is 0 Å². The van der Waals surface area contributed by atoms with Gasteiger partial charge in [0.05, 0.1) is 12.7 Å². The highest BCUT2D eigenvalue weighted by Crippen LogP contribution is 2.42. The summed E-state index contributed by atoms with van der Waals surface area (Å²) in [6, 6.07) is 0. The summed E-state index contributed by atoms with van der Waals surface area (Å²) < 4.78 is 26.5. The Bertz CT molecular complexity index is 422. The number of hydrogen-bond acceptors (Lipinski definition) is 4. The van der Waals surface area contributed by atoms with E-state index in [1.807, 2.05) is 13.8 Å². The van der Waals surface area contributed by atoms with Gasteiger partial charge in [-0.15, -0.1) is 0 Å². The zero-order valence-corrected chi connectivity index (χ0v) is 13.6. The van der Waals surface area contributed by atoms with E-state index in [0.29, 0.717) is 12.8 Å². The Morgan fingerprint density at radius 1 is 1.40 bits per heavy atom. The average Bonchev–Trinajstić information content (AvgIpc) is 2.90. The molecule has 0 aromatic carbocycles. The van der Waals surface area contributed by atoms with Crippen LogP contribution in [0.3, 0.4) is 0 Å². The predicted octanol–water partition coefficient (Wildman–Crippen LogP) is 1.29. The standard InChI is InChI=1S/C7H15NO3S.C5H11NO2/c1-6(2)11-5-7(3-4-7)12(8,9)10;1-5(2,3)6-4(7)8/h6H,3-5H2,1-2H3,(H2,8,9,10);6H,1-3H3,(H,7,8). The lowest BCUT2D eigenvalue weighted by atomic mass is 10.1. The molecule has 0 unspecified atom stereocenters. The van der Waals surface area contributed by atoms with Crippen LogP contribution in [0, 0.1) is 0 Å². The molecule has 1 aliphatic carbocycles. The number of hydrogen-bond donors (Lipinski definition) is 3. The molecule has 0 aromatic heterocycles. The molecule has 1 amide bonds. The van der Waals surface area contributed by atoms with Gasteiger partial charge in [0, 0.05) is 5.54 Å². The molecule has 0 heterocycles. The van der Waals surface area contributed by atoms with Crippen LogP contribution in [0.25, 0.3) is 0 Å². The molecular weight excluding hydrogens is 284 g/mol. The Morgan fingerprint density at radius 3 is 2.00 bits per heavy atom. The lowest BCUT2D eigenvalue weighted by molar-refractivity contribution is 0.0751. The van der Waals surface area contributed by atoms with Gasteiger partial charge < -0.3 is 15.2 Å². The minimum atomic E-state index is -3.41. The molecule has 0 bridgehead atoms. The highest BCUT2D eigenvalue weighted by Gasteiger charge is 2.53. The second-order valence-corrected chi connectivity index (χ2v) is 8.22. The van der Waals surface area contributed by atoms with E-state index in [4.69, 9.17) is 15.0 Å². The zero-order valence-electron chi connectivity index (χ0n) is 12.8. The second kappa shape index (κ2) is 6.73. The quantitative estimate of drug-likeness (QED) is 0.723. The van der Waals surface area contributed by atoms with Crippen LogP contribution >= 0.6 is 0 Å². The molecular formula is C12H26N2O5S. The summed E-state index contributed by atoms with van der Waals surface area (Å²) in [7, 11) is -3.41. The third-order valence-corrected chi connectivity index (χ3v) is 4.31. The van der Waals surface area contributed by atoms with Gasteiger partial charge in [0.2, 0.25) is 10.0 Å². The van der Waals surface area contributed by atoms with E-state index in [-0.39, 0.29) is 18.2 Å². The number of sulfonamides is 1. The molecule has 120 valence electrons. The summed E-state index contributed by atoms with van der Waals surface area (Å²) in [5.41, 5.74) is -0.328. The molecule has 7 nitrogen and oxygen atoms in total. The van der Waals surface area contributed by atoms with Crippen LogP contribution in [-0.2, 0) is 14.8 Å². The third kappa shape index (κ3) is 7.66. The van der Waals surface area contributed by atoms with Crippen LogP contribution in [0.4, 0.5) is 4.79 Å². The fraction of sp³-hybridized carbons (Fsp3) is 0.917. The normalized spacial score (nSPS) is 17.1. The van der Waals surface area contributed by atoms with Crippen LogP contribution in [-0.4, -0.2) is 42.6 Å². The molecule has 1 fully saturated rings. The molecule has 20 heavy (non-hydrogen) atoms. The largest absolute Gasteiger partial charge is 0.465 e. The second-order valence-electron chi connectivity index (χ2n) is 6.27. The van der Waals surface area contributed by atoms with Crippen molar-refractivity contribution in [2.45, 2.75) is 63.9 Å². The monoisotopic (exact) mass is 310 g/mol. The summed E-state index contributed by atoms with van der Waals surface area (Å²) in [5, 5.41) is 15.5. The number of primary sulfonamides is 1. The first-order valence-electron chi connectivity index (χ1n) is 6.44. The van der Waals surface area contributed by atoms with E-state index in [9.17, 15) is 13.2 Å². The molecule has 0 aromatic rings. The highest BCUT2D eigenvalue weighted by molar-refractivity contribution is 7.90. The first kappa shape index (κ1) is 19.1. The lowest BCUT2D eigenvalue weighted by Crippen LogP contribution is -2.39. The smallest absolute Gasteiger partial charge is 0.405 e. The van der Waals surface area contributed by atoms with Gasteiger partial charge in [-0.05, 0) is 47.5 Å². The zero-order chi connectivity index (χ0) is 16.2. The van der Waals surface area contributed by atoms with E-state index in [1.54, 1.807) is 20.8 Å². The van der Waals surface area contributed by atoms with Gasteiger partial charge in [-0.25, -0.2) is 18.4 Å². The van der Waals surface area contributed by atoms with E-state index in [2.05, 4.69) is 5.32 Å².